The third-order valence-electron chi connectivity index (χ3n) is 4.13. The highest BCUT2D eigenvalue weighted by Gasteiger charge is 2.37. The molecular formula is C15H21FN2O4S. The Morgan fingerprint density at radius 2 is 2.09 bits per heavy atom. The van der Waals surface area contributed by atoms with E-state index in [2.05, 4.69) is 4.72 Å². The predicted molar refractivity (Wildman–Crippen MR) is 83.2 cm³/mol. The van der Waals surface area contributed by atoms with Crippen molar-refractivity contribution in [2.45, 2.75) is 43.7 Å². The number of carbonyl (C=O) groups is 1. The molecular weight excluding hydrogens is 323 g/mol. The predicted octanol–water partition coefficient (Wildman–Crippen LogP) is 1.35. The fourth-order valence-electron chi connectivity index (χ4n) is 2.89. The number of nitrogens with one attached hydrogen (secondary N) is 1. The smallest absolute Gasteiger partial charge is 0.317 e. The molecule has 1 aromatic rings. The molecule has 1 aromatic carbocycles. The molecule has 0 bridgehead atoms. The largest absolute Gasteiger partial charge is 0.480 e. The second kappa shape index (κ2) is 6.94. The Bertz CT molecular complexity index is 666. The molecule has 0 spiro atoms. The third-order valence-corrected chi connectivity index (χ3v) is 5.83. The van der Waals surface area contributed by atoms with Gasteiger partial charge in [-0.1, -0.05) is 19.1 Å². The van der Waals surface area contributed by atoms with Crippen molar-refractivity contribution in [2.24, 2.45) is 0 Å². The van der Waals surface area contributed by atoms with Gasteiger partial charge in [-0.2, -0.15) is 0 Å². The highest BCUT2D eigenvalue weighted by Crippen LogP contribution is 2.28. The molecule has 0 atom stereocenters. The van der Waals surface area contributed by atoms with Crippen LogP contribution in [0.25, 0.3) is 0 Å². The Labute approximate surface area is 135 Å². The quantitative estimate of drug-likeness (QED) is 0.780. The number of aliphatic carboxylic acids is 1. The molecule has 1 aliphatic carbocycles. The number of aryl methyl sites for hydroxylation is 1. The van der Waals surface area contributed by atoms with Crippen molar-refractivity contribution in [3.63, 3.8) is 0 Å². The van der Waals surface area contributed by atoms with Crippen LogP contribution in [-0.4, -0.2) is 49.6 Å². The molecule has 23 heavy (non-hydrogen) atoms. The number of nitrogens with zero attached hydrogens (tertiary/aromatic N) is 1. The normalized spacial score (nSPS) is 21.2. The lowest BCUT2D eigenvalue weighted by atomic mass is 9.86. The van der Waals surface area contributed by atoms with E-state index in [4.69, 9.17) is 5.11 Å². The molecule has 128 valence electrons. The van der Waals surface area contributed by atoms with Gasteiger partial charge in [0, 0.05) is 12.1 Å². The van der Waals surface area contributed by atoms with E-state index in [0.717, 1.165) is 6.07 Å². The maximum absolute atomic E-state index is 13.8. The van der Waals surface area contributed by atoms with Crippen molar-refractivity contribution in [1.29, 1.82) is 0 Å². The van der Waals surface area contributed by atoms with E-state index in [1.807, 2.05) is 6.92 Å². The van der Waals surface area contributed by atoms with E-state index < -0.39 is 21.8 Å². The van der Waals surface area contributed by atoms with Gasteiger partial charge in [0.15, 0.2) is 0 Å². The molecule has 0 saturated heterocycles. The van der Waals surface area contributed by atoms with Crippen molar-refractivity contribution >= 4 is 16.0 Å². The van der Waals surface area contributed by atoms with Crippen LogP contribution >= 0.6 is 0 Å². The average Bonchev–Trinajstić information content (AvgIpc) is 2.39. The number of hydrogen-bond donors (Lipinski definition) is 2. The van der Waals surface area contributed by atoms with Crippen LogP contribution < -0.4 is 4.72 Å². The molecule has 8 heteroatoms. The summed E-state index contributed by atoms with van der Waals surface area (Å²) in [5, 5.41) is 8.85. The zero-order valence-corrected chi connectivity index (χ0v) is 13.9. The number of hydrogen-bond acceptors (Lipinski definition) is 4. The van der Waals surface area contributed by atoms with E-state index in [0.29, 0.717) is 24.9 Å². The summed E-state index contributed by atoms with van der Waals surface area (Å²) in [4.78, 5) is 12.3. The Hall–Kier alpha value is -1.51. The maximum atomic E-state index is 13.8. The summed E-state index contributed by atoms with van der Waals surface area (Å²) in [6.07, 6.45) is 1.04. The second-order valence-corrected chi connectivity index (χ2v) is 7.44. The number of halogens is 1. The molecule has 2 N–H and O–H groups in total. The van der Waals surface area contributed by atoms with Crippen LogP contribution in [0, 0.1) is 12.7 Å². The molecule has 0 unspecified atom stereocenters. The number of likely N-dealkylation sites (N-methyl/N-ethyl adjacent to an activating group) is 1. The molecule has 1 fully saturated rings. The second-order valence-electron chi connectivity index (χ2n) is 5.79. The molecule has 0 amide bonds. The number of carboxylic acids is 1. The molecule has 0 aromatic heterocycles. The van der Waals surface area contributed by atoms with Gasteiger partial charge < -0.3 is 5.11 Å². The van der Waals surface area contributed by atoms with Crippen LogP contribution in [0.2, 0.25) is 0 Å². The Morgan fingerprint density at radius 1 is 1.43 bits per heavy atom. The lowest BCUT2D eigenvalue weighted by Crippen LogP contribution is -2.54. The van der Waals surface area contributed by atoms with Gasteiger partial charge in [0.25, 0.3) is 0 Å². The first kappa shape index (κ1) is 17.8. The molecule has 6 nitrogen and oxygen atoms in total. The van der Waals surface area contributed by atoms with Crippen molar-refractivity contribution in [3.8, 4) is 0 Å². The molecule has 0 heterocycles. The van der Waals surface area contributed by atoms with Crippen molar-refractivity contribution < 1.29 is 22.7 Å². The lowest BCUT2D eigenvalue weighted by molar-refractivity contribution is -0.139. The van der Waals surface area contributed by atoms with Gasteiger partial charge in [-0.3, -0.25) is 9.69 Å². The van der Waals surface area contributed by atoms with Gasteiger partial charge in [-0.25, -0.2) is 17.5 Å². The Kier molecular flexibility index (Phi) is 5.38. The minimum atomic E-state index is -3.92. The van der Waals surface area contributed by atoms with Gasteiger partial charge in [-0.15, -0.1) is 0 Å². The molecule has 1 aliphatic rings. The lowest BCUT2D eigenvalue weighted by Gasteiger charge is -2.42. The fraction of sp³-hybridized carbons (Fsp3) is 0.533. The molecule has 0 radical (unpaired) electrons. The summed E-state index contributed by atoms with van der Waals surface area (Å²) < 4.78 is 41.0. The maximum Gasteiger partial charge on any atom is 0.317 e. The fourth-order valence-corrected chi connectivity index (χ4v) is 4.46. The van der Waals surface area contributed by atoms with E-state index in [1.165, 1.54) is 6.07 Å². The minimum absolute atomic E-state index is 0.0329. The SMILES string of the molecule is CCN(CC(=O)O)C1CC(NS(=O)(=O)c2c(C)cccc2F)C1. The molecule has 0 aliphatic heterocycles. The standard InChI is InChI=1S/C15H21FN2O4S/c1-3-18(9-14(19)20)12-7-11(8-12)17-23(21,22)15-10(2)5-4-6-13(15)16/h4-6,11-12,17H,3,7-9H2,1-2H3,(H,19,20). The summed E-state index contributed by atoms with van der Waals surface area (Å²) in [6.45, 7) is 3.94. The first-order valence-electron chi connectivity index (χ1n) is 7.48. The number of carboxylic acid groups (broad SMARTS) is 1. The van der Waals surface area contributed by atoms with E-state index in [-0.39, 0.29) is 23.5 Å². The zero-order valence-electron chi connectivity index (χ0n) is 13.1. The van der Waals surface area contributed by atoms with Gasteiger partial charge >= 0.3 is 5.97 Å². The Morgan fingerprint density at radius 3 is 2.61 bits per heavy atom. The Balaban J connectivity index is 2.01. The summed E-state index contributed by atoms with van der Waals surface area (Å²) >= 11 is 0. The topological polar surface area (TPSA) is 86.7 Å². The van der Waals surface area contributed by atoms with Crippen LogP contribution in [0.15, 0.2) is 23.1 Å². The third kappa shape index (κ3) is 4.07. The van der Waals surface area contributed by atoms with E-state index >= 15 is 0 Å². The van der Waals surface area contributed by atoms with Crippen LogP contribution in [-0.2, 0) is 14.8 Å². The highest BCUT2D eigenvalue weighted by atomic mass is 32.2. The van der Waals surface area contributed by atoms with Crippen LogP contribution in [0.1, 0.15) is 25.3 Å². The number of rotatable bonds is 7. The summed E-state index contributed by atoms with van der Waals surface area (Å²) in [5.41, 5.74) is 0.356. The first-order chi connectivity index (χ1) is 10.7. The first-order valence-corrected chi connectivity index (χ1v) is 8.96. The van der Waals surface area contributed by atoms with Gasteiger partial charge in [0.2, 0.25) is 10.0 Å². The number of benzene rings is 1. The minimum Gasteiger partial charge on any atom is -0.480 e. The van der Waals surface area contributed by atoms with E-state index in [1.54, 1.807) is 17.9 Å². The molecule has 2 rings (SSSR count). The zero-order chi connectivity index (χ0) is 17.2. The van der Waals surface area contributed by atoms with Crippen molar-refractivity contribution in [3.05, 3.63) is 29.6 Å². The highest BCUT2D eigenvalue weighted by molar-refractivity contribution is 7.89. The summed E-state index contributed by atoms with van der Waals surface area (Å²) in [6, 6.07) is 3.87. The van der Waals surface area contributed by atoms with Crippen LogP contribution in [0.4, 0.5) is 4.39 Å². The van der Waals surface area contributed by atoms with Crippen molar-refractivity contribution in [1.82, 2.24) is 9.62 Å². The molecule has 1 saturated carbocycles. The average molecular weight is 344 g/mol. The van der Waals surface area contributed by atoms with Gasteiger partial charge in [0.05, 0.1) is 6.54 Å². The van der Waals surface area contributed by atoms with Gasteiger partial charge in [-0.05, 0) is 37.9 Å². The van der Waals surface area contributed by atoms with Crippen LogP contribution in [0.3, 0.4) is 0 Å². The summed E-state index contributed by atoms with van der Waals surface area (Å²) in [7, 11) is -3.92. The summed E-state index contributed by atoms with van der Waals surface area (Å²) in [5.74, 6) is -1.67. The van der Waals surface area contributed by atoms with E-state index in [9.17, 15) is 17.6 Å². The van der Waals surface area contributed by atoms with Gasteiger partial charge in [0.1, 0.15) is 10.7 Å². The van der Waals surface area contributed by atoms with Crippen LogP contribution in [0.5, 0.6) is 0 Å². The monoisotopic (exact) mass is 344 g/mol. The number of sulfonamides is 1. The van der Waals surface area contributed by atoms with Crippen molar-refractivity contribution in [2.75, 3.05) is 13.1 Å².